The summed E-state index contributed by atoms with van der Waals surface area (Å²) in [6.07, 6.45) is 15.0. The third-order valence-corrected chi connectivity index (χ3v) is 4.67. The molecule has 2 aliphatic rings. The van der Waals surface area contributed by atoms with Gasteiger partial charge in [0.25, 0.3) is 0 Å². The van der Waals surface area contributed by atoms with Crippen molar-refractivity contribution in [3.63, 3.8) is 0 Å². The molecule has 0 bridgehead atoms. The lowest BCUT2D eigenvalue weighted by atomic mass is 9.79. The van der Waals surface area contributed by atoms with E-state index >= 15 is 0 Å². The van der Waals surface area contributed by atoms with Crippen LogP contribution < -0.4 is 5.73 Å². The van der Waals surface area contributed by atoms with Gasteiger partial charge in [0.1, 0.15) is 0 Å². The van der Waals surface area contributed by atoms with Gasteiger partial charge in [-0.05, 0) is 45.4 Å². The summed E-state index contributed by atoms with van der Waals surface area (Å²) in [5, 5.41) is 0. The van der Waals surface area contributed by atoms with E-state index in [4.69, 9.17) is 10.5 Å². The zero-order valence-electron chi connectivity index (χ0n) is 11.9. The monoisotopic (exact) mass is 251 g/mol. The molecule has 2 aliphatic carbocycles. The minimum atomic E-state index is -0.0611. The molecule has 1 unspecified atom stereocenters. The molecule has 0 radical (unpaired) electrons. The maximum Gasteiger partial charge on any atom is 0.0870 e. The molecule has 18 heavy (non-hydrogen) atoms. The third-order valence-electron chi connectivity index (χ3n) is 4.67. The highest BCUT2D eigenvalue weighted by Crippen LogP contribution is 2.37. The molecular formula is C16H29NO. The molecule has 1 fully saturated rings. The van der Waals surface area contributed by atoms with Gasteiger partial charge in [-0.15, -0.1) is 0 Å². The number of ether oxygens (including phenoxy) is 1. The van der Waals surface area contributed by atoms with Crippen LogP contribution in [0, 0.1) is 0 Å². The largest absolute Gasteiger partial charge is 0.373 e. The van der Waals surface area contributed by atoms with E-state index in [1.807, 2.05) is 0 Å². The first-order chi connectivity index (χ1) is 8.78. The second-order valence-electron chi connectivity index (χ2n) is 5.91. The van der Waals surface area contributed by atoms with Crippen molar-refractivity contribution >= 4 is 0 Å². The Morgan fingerprint density at radius 3 is 2.44 bits per heavy atom. The van der Waals surface area contributed by atoms with Crippen molar-refractivity contribution in [3.8, 4) is 0 Å². The van der Waals surface area contributed by atoms with E-state index in [2.05, 4.69) is 13.0 Å². The van der Waals surface area contributed by atoms with E-state index in [0.29, 0.717) is 0 Å². The van der Waals surface area contributed by atoms with Crippen LogP contribution in [-0.4, -0.2) is 18.2 Å². The van der Waals surface area contributed by atoms with Crippen LogP contribution in [0.4, 0.5) is 0 Å². The summed E-state index contributed by atoms with van der Waals surface area (Å²) in [4.78, 5) is 0. The molecule has 2 heteroatoms. The van der Waals surface area contributed by atoms with E-state index < -0.39 is 0 Å². The molecule has 0 aliphatic heterocycles. The van der Waals surface area contributed by atoms with Crippen LogP contribution in [0.25, 0.3) is 0 Å². The molecule has 1 saturated carbocycles. The molecule has 2 N–H and O–H groups in total. The van der Waals surface area contributed by atoms with Crippen LogP contribution >= 0.6 is 0 Å². The first-order valence-electron chi connectivity index (χ1n) is 7.87. The van der Waals surface area contributed by atoms with Crippen molar-refractivity contribution < 1.29 is 4.74 Å². The zero-order chi connectivity index (χ0) is 12.8. The zero-order valence-corrected chi connectivity index (χ0v) is 11.9. The second kappa shape index (κ2) is 6.72. The van der Waals surface area contributed by atoms with Crippen molar-refractivity contribution in [2.24, 2.45) is 5.73 Å². The van der Waals surface area contributed by atoms with Gasteiger partial charge in [0.15, 0.2) is 0 Å². The first-order valence-corrected chi connectivity index (χ1v) is 7.87. The molecule has 2 rings (SSSR count). The molecule has 0 aromatic carbocycles. The van der Waals surface area contributed by atoms with Crippen LogP contribution in [0.5, 0.6) is 0 Å². The van der Waals surface area contributed by atoms with E-state index in [1.54, 1.807) is 0 Å². The van der Waals surface area contributed by atoms with Gasteiger partial charge in [-0.2, -0.15) is 0 Å². The summed E-state index contributed by atoms with van der Waals surface area (Å²) in [5.41, 5.74) is 8.03. The standard InChI is InChI=1S/C16H29NO/c1-2-18-16(12-8-3-4-9-13-16)15(17)14-10-6-5-7-11-14/h10,15H,2-9,11-13,17H2,1H3. The molecular weight excluding hydrogens is 222 g/mol. The normalized spacial score (nSPS) is 26.2. The van der Waals surface area contributed by atoms with Crippen molar-refractivity contribution in [3.05, 3.63) is 11.6 Å². The Balaban J connectivity index is 2.13. The Morgan fingerprint density at radius 1 is 1.17 bits per heavy atom. The summed E-state index contributed by atoms with van der Waals surface area (Å²) >= 11 is 0. The van der Waals surface area contributed by atoms with Gasteiger partial charge in [0.2, 0.25) is 0 Å². The first kappa shape index (κ1) is 14.1. The van der Waals surface area contributed by atoms with Crippen molar-refractivity contribution in [2.75, 3.05) is 6.61 Å². The topological polar surface area (TPSA) is 35.2 Å². The molecule has 2 nitrogen and oxygen atoms in total. The molecule has 104 valence electrons. The van der Waals surface area contributed by atoms with Gasteiger partial charge in [-0.25, -0.2) is 0 Å². The smallest absolute Gasteiger partial charge is 0.0870 e. The number of rotatable bonds is 4. The highest BCUT2D eigenvalue weighted by molar-refractivity contribution is 5.18. The van der Waals surface area contributed by atoms with Gasteiger partial charge in [-0.3, -0.25) is 0 Å². The Kier molecular flexibility index (Phi) is 5.25. The van der Waals surface area contributed by atoms with E-state index in [1.165, 1.54) is 56.9 Å². The number of hydrogen-bond acceptors (Lipinski definition) is 2. The molecule has 0 aromatic heterocycles. The maximum absolute atomic E-state index is 6.62. The summed E-state index contributed by atoms with van der Waals surface area (Å²) in [5.74, 6) is 0. The molecule has 1 atom stereocenters. The number of allylic oxidation sites excluding steroid dienone is 1. The van der Waals surface area contributed by atoms with Gasteiger partial charge < -0.3 is 10.5 Å². The van der Waals surface area contributed by atoms with Crippen molar-refractivity contribution in [2.45, 2.75) is 82.8 Å². The summed E-state index contributed by atoms with van der Waals surface area (Å²) in [6, 6.07) is 0.135. The Hall–Kier alpha value is -0.340. The molecule has 0 aromatic rings. The lowest BCUT2D eigenvalue weighted by Gasteiger charge is -2.40. The van der Waals surface area contributed by atoms with Crippen LogP contribution in [0.15, 0.2) is 11.6 Å². The molecule has 0 saturated heterocycles. The minimum absolute atomic E-state index is 0.0611. The fraction of sp³-hybridized carbons (Fsp3) is 0.875. The summed E-state index contributed by atoms with van der Waals surface area (Å²) < 4.78 is 6.20. The highest BCUT2D eigenvalue weighted by atomic mass is 16.5. The van der Waals surface area contributed by atoms with Crippen molar-refractivity contribution in [1.82, 2.24) is 0 Å². The predicted octanol–water partition coefficient (Wildman–Crippen LogP) is 3.94. The van der Waals surface area contributed by atoms with Crippen LogP contribution in [0.1, 0.15) is 71.1 Å². The quantitative estimate of drug-likeness (QED) is 0.606. The lowest BCUT2D eigenvalue weighted by Crippen LogP contribution is -2.51. The minimum Gasteiger partial charge on any atom is -0.373 e. The highest BCUT2D eigenvalue weighted by Gasteiger charge is 2.39. The summed E-state index contributed by atoms with van der Waals surface area (Å²) in [6.45, 7) is 2.90. The maximum atomic E-state index is 6.62. The number of hydrogen-bond donors (Lipinski definition) is 1. The Labute approximate surface area is 112 Å². The molecule has 0 heterocycles. The second-order valence-corrected chi connectivity index (χ2v) is 5.91. The fourth-order valence-corrected chi connectivity index (χ4v) is 3.64. The van der Waals surface area contributed by atoms with Gasteiger partial charge >= 0.3 is 0 Å². The summed E-state index contributed by atoms with van der Waals surface area (Å²) in [7, 11) is 0. The lowest BCUT2D eigenvalue weighted by molar-refractivity contribution is -0.0617. The average molecular weight is 251 g/mol. The van der Waals surface area contributed by atoms with Crippen LogP contribution in [0.2, 0.25) is 0 Å². The molecule has 0 amide bonds. The average Bonchev–Trinajstić information content (AvgIpc) is 2.66. The van der Waals surface area contributed by atoms with Crippen molar-refractivity contribution in [1.29, 1.82) is 0 Å². The Bertz CT molecular complexity index is 277. The number of nitrogens with two attached hydrogens (primary N) is 1. The van der Waals surface area contributed by atoms with Crippen LogP contribution in [-0.2, 0) is 4.74 Å². The Morgan fingerprint density at radius 2 is 1.89 bits per heavy atom. The fourth-order valence-electron chi connectivity index (χ4n) is 3.64. The van der Waals surface area contributed by atoms with Gasteiger partial charge in [-0.1, -0.05) is 37.3 Å². The molecule has 0 spiro atoms. The van der Waals surface area contributed by atoms with Gasteiger partial charge in [0.05, 0.1) is 11.6 Å². The third kappa shape index (κ3) is 3.16. The predicted molar refractivity (Wildman–Crippen MR) is 76.6 cm³/mol. The van der Waals surface area contributed by atoms with E-state index in [9.17, 15) is 0 Å². The van der Waals surface area contributed by atoms with E-state index in [0.717, 1.165) is 19.4 Å². The van der Waals surface area contributed by atoms with E-state index in [-0.39, 0.29) is 11.6 Å². The van der Waals surface area contributed by atoms with Gasteiger partial charge in [0, 0.05) is 6.61 Å². The van der Waals surface area contributed by atoms with Crippen LogP contribution in [0.3, 0.4) is 0 Å². The SMILES string of the molecule is CCOC1(C(N)C2=CCCCC2)CCCCCC1.